The molecule has 22 heavy (non-hydrogen) atoms. The van der Waals surface area contributed by atoms with Gasteiger partial charge < -0.3 is 0 Å². The van der Waals surface area contributed by atoms with Crippen LogP contribution in [0.3, 0.4) is 0 Å². The predicted molar refractivity (Wildman–Crippen MR) is 90.1 cm³/mol. The van der Waals surface area contributed by atoms with Crippen molar-refractivity contribution in [2.45, 2.75) is 38.6 Å². The molecule has 4 heterocycles. The van der Waals surface area contributed by atoms with Crippen molar-refractivity contribution in [3.63, 3.8) is 0 Å². The Balaban J connectivity index is 1.96. The molecule has 0 aromatic carbocycles. The van der Waals surface area contributed by atoms with E-state index < -0.39 is 0 Å². The van der Waals surface area contributed by atoms with E-state index >= 15 is 0 Å². The Bertz CT molecular complexity index is 898. The molecule has 0 saturated heterocycles. The zero-order valence-electron chi connectivity index (χ0n) is 13.2. The van der Waals surface area contributed by atoms with Crippen LogP contribution in [0.2, 0.25) is 0 Å². The van der Waals surface area contributed by atoms with Crippen molar-refractivity contribution in [1.29, 1.82) is 0 Å². The summed E-state index contributed by atoms with van der Waals surface area (Å²) in [5, 5.41) is 2.16. The van der Waals surface area contributed by atoms with Crippen molar-refractivity contribution in [3.8, 4) is 0 Å². The van der Waals surface area contributed by atoms with Gasteiger partial charge in [-0.05, 0) is 30.9 Å². The third-order valence-electron chi connectivity index (χ3n) is 5.01. The van der Waals surface area contributed by atoms with Gasteiger partial charge in [0.2, 0.25) is 0 Å². The summed E-state index contributed by atoms with van der Waals surface area (Å²) in [7, 11) is 0. The van der Waals surface area contributed by atoms with Gasteiger partial charge in [0, 0.05) is 23.4 Å². The van der Waals surface area contributed by atoms with Crippen molar-refractivity contribution in [2.24, 2.45) is 4.99 Å². The molecule has 0 spiro atoms. The Morgan fingerprint density at radius 3 is 2.77 bits per heavy atom. The molecule has 1 aliphatic rings. The van der Waals surface area contributed by atoms with Gasteiger partial charge in [-0.15, -0.1) is 11.3 Å². The van der Waals surface area contributed by atoms with Gasteiger partial charge in [-0.25, -0.2) is 9.97 Å². The monoisotopic (exact) mass is 310 g/mol. The van der Waals surface area contributed by atoms with Crippen LogP contribution in [0.4, 0.5) is 0 Å². The average molecular weight is 310 g/mol. The van der Waals surface area contributed by atoms with Crippen LogP contribution in [0.1, 0.15) is 43.7 Å². The molecule has 0 fully saturated rings. The average Bonchev–Trinajstić information content (AvgIpc) is 3.11. The summed E-state index contributed by atoms with van der Waals surface area (Å²) >= 11 is 1.76. The fourth-order valence-corrected chi connectivity index (χ4v) is 3.98. The molecule has 3 aromatic rings. The van der Waals surface area contributed by atoms with Crippen LogP contribution in [0.5, 0.6) is 0 Å². The molecule has 0 saturated carbocycles. The largest absolute Gasteiger partial charge is 0.290 e. The summed E-state index contributed by atoms with van der Waals surface area (Å²) in [5.74, 6) is 0. The van der Waals surface area contributed by atoms with Gasteiger partial charge in [0.25, 0.3) is 0 Å². The first-order chi connectivity index (χ1) is 10.4. The number of nitrogens with zero attached hydrogens (tertiary/aromatic N) is 4. The van der Waals surface area contributed by atoms with E-state index in [0.29, 0.717) is 0 Å². The van der Waals surface area contributed by atoms with Crippen molar-refractivity contribution in [3.05, 3.63) is 52.4 Å². The number of hydrogen-bond acceptors (Lipinski definition) is 4. The third kappa shape index (κ3) is 1.72. The van der Waals surface area contributed by atoms with Gasteiger partial charge in [-0.1, -0.05) is 13.8 Å². The Labute approximate surface area is 133 Å². The highest BCUT2D eigenvalue weighted by Gasteiger charge is 2.44. The Morgan fingerprint density at radius 1 is 1.14 bits per heavy atom. The molecular formula is C17H18N4S. The molecule has 0 unspecified atom stereocenters. The van der Waals surface area contributed by atoms with Crippen molar-refractivity contribution in [2.75, 3.05) is 0 Å². The minimum atomic E-state index is -0.166. The van der Waals surface area contributed by atoms with Gasteiger partial charge >= 0.3 is 0 Å². The van der Waals surface area contributed by atoms with Crippen molar-refractivity contribution >= 4 is 22.7 Å². The third-order valence-corrected chi connectivity index (χ3v) is 5.93. The Kier molecular flexibility index (Phi) is 2.64. The van der Waals surface area contributed by atoms with Crippen LogP contribution in [-0.2, 0) is 5.41 Å². The van der Waals surface area contributed by atoms with Gasteiger partial charge in [-0.2, -0.15) is 0 Å². The van der Waals surface area contributed by atoms with Crippen LogP contribution in [0, 0.1) is 0 Å². The summed E-state index contributed by atoms with van der Waals surface area (Å²) in [6.45, 7) is 8.96. The Morgan fingerprint density at radius 2 is 1.95 bits per heavy atom. The predicted octanol–water partition coefficient (Wildman–Crippen LogP) is 3.70. The number of hydrogen-bond donors (Lipinski definition) is 0. The maximum atomic E-state index is 5.10. The standard InChI is InChI=1S/C17H18N4S/c1-16(2)12-5-6-22-15(12)14(20-17(16,3)4)11-7-19-13-8-18-10-21(13)9-11/h5-10H,1-4H3. The van der Waals surface area contributed by atoms with Crippen LogP contribution in [-0.4, -0.2) is 25.6 Å². The second kappa shape index (κ2) is 4.26. The Hall–Kier alpha value is -2.01. The molecular weight excluding hydrogens is 292 g/mol. The molecule has 4 rings (SSSR count). The van der Waals surface area contributed by atoms with Gasteiger partial charge in [0.15, 0.2) is 5.65 Å². The first-order valence-electron chi connectivity index (χ1n) is 7.36. The van der Waals surface area contributed by atoms with Crippen molar-refractivity contribution in [1.82, 2.24) is 14.4 Å². The summed E-state index contributed by atoms with van der Waals surface area (Å²) < 4.78 is 1.94. The highest BCUT2D eigenvalue weighted by molar-refractivity contribution is 7.12. The van der Waals surface area contributed by atoms with Crippen molar-refractivity contribution < 1.29 is 0 Å². The highest BCUT2D eigenvalue weighted by atomic mass is 32.1. The minimum absolute atomic E-state index is 0.0123. The lowest BCUT2D eigenvalue weighted by Gasteiger charge is -2.43. The maximum absolute atomic E-state index is 5.10. The van der Waals surface area contributed by atoms with Gasteiger partial charge in [0.1, 0.15) is 6.33 Å². The molecule has 0 amide bonds. The number of imidazole rings is 1. The zero-order valence-corrected chi connectivity index (χ0v) is 14.0. The summed E-state index contributed by atoms with van der Waals surface area (Å²) in [4.78, 5) is 15.0. The zero-order chi connectivity index (χ0) is 15.5. The lowest BCUT2D eigenvalue weighted by atomic mass is 9.68. The van der Waals surface area contributed by atoms with Gasteiger partial charge in [-0.3, -0.25) is 9.39 Å². The molecule has 0 radical (unpaired) electrons. The van der Waals surface area contributed by atoms with E-state index in [1.165, 1.54) is 10.4 Å². The number of aromatic nitrogens is 3. The molecule has 112 valence electrons. The molecule has 4 nitrogen and oxygen atoms in total. The number of fused-ring (bicyclic) bond motifs is 2. The second-order valence-corrected chi connectivity index (χ2v) is 7.73. The molecule has 5 heteroatoms. The molecule has 0 N–H and O–H groups in total. The fourth-order valence-electron chi connectivity index (χ4n) is 2.92. The maximum Gasteiger partial charge on any atom is 0.156 e. The van der Waals surface area contributed by atoms with E-state index in [1.54, 1.807) is 23.9 Å². The van der Waals surface area contributed by atoms with E-state index in [0.717, 1.165) is 16.9 Å². The molecule has 0 aliphatic carbocycles. The number of thiophene rings is 1. The SMILES string of the molecule is CC1(C)N=C(c2cnc3cncn3c2)c2sccc2C1(C)C. The topological polar surface area (TPSA) is 42.5 Å². The lowest BCUT2D eigenvalue weighted by Crippen LogP contribution is -2.45. The summed E-state index contributed by atoms with van der Waals surface area (Å²) in [6, 6.07) is 2.24. The summed E-state index contributed by atoms with van der Waals surface area (Å²) in [5.41, 5.74) is 4.15. The van der Waals surface area contributed by atoms with E-state index in [9.17, 15) is 0 Å². The van der Waals surface area contributed by atoms with E-state index in [-0.39, 0.29) is 11.0 Å². The quantitative estimate of drug-likeness (QED) is 0.688. The minimum Gasteiger partial charge on any atom is -0.290 e. The van der Waals surface area contributed by atoms with Crippen LogP contribution >= 0.6 is 11.3 Å². The molecule has 3 aromatic heterocycles. The van der Waals surface area contributed by atoms with E-state index in [1.807, 2.05) is 10.6 Å². The second-order valence-electron chi connectivity index (χ2n) is 6.81. The summed E-state index contributed by atoms with van der Waals surface area (Å²) in [6.07, 6.45) is 7.50. The first kappa shape index (κ1) is 13.6. The normalized spacial score (nSPS) is 19.0. The number of rotatable bonds is 1. The smallest absolute Gasteiger partial charge is 0.156 e. The van der Waals surface area contributed by atoms with Gasteiger partial charge in [0.05, 0.1) is 22.3 Å². The number of aliphatic imine (C=N–C) groups is 1. The first-order valence-corrected chi connectivity index (χ1v) is 8.24. The molecule has 0 bridgehead atoms. The fraction of sp³-hybridized carbons (Fsp3) is 0.353. The highest BCUT2D eigenvalue weighted by Crippen LogP contribution is 2.45. The molecule has 0 atom stereocenters. The molecule has 1 aliphatic heterocycles. The van der Waals surface area contributed by atoms with E-state index in [2.05, 4.69) is 55.3 Å². The lowest BCUT2D eigenvalue weighted by molar-refractivity contribution is 0.305. The van der Waals surface area contributed by atoms with Crippen LogP contribution in [0.15, 0.2) is 41.4 Å². The van der Waals surface area contributed by atoms with E-state index in [4.69, 9.17) is 4.99 Å². The van der Waals surface area contributed by atoms with Crippen LogP contribution < -0.4 is 0 Å². The van der Waals surface area contributed by atoms with Crippen LogP contribution in [0.25, 0.3) is 5.65 Å².